The van der Waals surface area contributed by atoms with Crippen LogP contribution in [0.3, 0.4) is 0 Å². The maximum absolute atomic E-state index is 6.21. The van der Waals surface area contributed by atoms with Crippen molar-refractivity contribution in [3.05, 3.63) is 81.6 Å². The number of anilines is 3. The zero-order valence-electron chi connectivity index (χ0n) is 18.0. The van der Waals surface area contributed by atoms with E-state index in [-0.39, 0.29) is 5.95 Å². The maximum Gasteiger partial charge on any atom is 0.222 e. The number of aromatic nitrogens is 3. The second kappa shape index (κ2) is 9.55. The van der Waals surface area contributed by atoms with Gasteiger partial charge in [-0.1, -0.05) is 29.8 Å². The van der Waals surface area contributed by atoms with Crippen molar-refractivity contribution in [1.82, 2.24) is 20.3 Å². The largest absolute Gasteiger partial charge is 0.368 e. The molecule has 0 radical (unpaired) electrons. The minimum Gasteiger partial charge on any atom is -0.368 e. The number of halogens is 2. The van der Waals surface area contributed by atoms with Gasteiger partial charge in [-0.25, -0.2) is 4.98 Å². The zero-order valence-corrected chi connectivity index (χ0v) is 20.3. The molecule has 6 nitrogen and oxygen atoms in total. The van der Waals surface area contributed by atoms with Crippen LogP contribution in [-0.4, -0.2) is 34.6 Å². The molecule has 0 fully saturated rings. The Morgan fingerprint density at radius 3 is 2.91 bits per heavy atom. The first kappa shape index (κ1) is 21.9. The van der Waals surface area contributed by atoms with E-state index in [1.54, 1.807) is 6.20 Å². The van der Waals surface area contributed by atoms with Crippen LogP contribution in [-0.2, 0) is 6.42 Å². The molecule has 3 heterocycles. The predicted octanol–water partition coefficient (Wildman–Crippen LogP) is 5.71. The molecular weight excluding hydrogens is 500 g/mol. The molecule has 0 saturated heterocycles. The van der Waals surface area contributed by atoms with Crippen LogP contribution in [0.1, 0.15) is 17.5 Å². The van der Waals surface area contributed by atoms with Gasteiger partial charge in [0.1, 0.15) is 0 Å². The number of nitrogens with two attached hydrogens (primary N) is 1. The van der Waals surface area contributed by atoms with Crippen LogP contribution in [0.5, 0.6) is 0 Å². The van der Waals surface area contributed by atoms with Crippen molar-refractivity contribution < 1.29 is 0 Å². The van der Waals surface area contributed by atoms with E-state index in [2.05, 4.69) is 77.6 Å². The first-order valence-electron chi connectivity index (χ1n) is 10.9. The van der Waals surface area contributed by atoms with Crippen LogP contribution in [0.4, 0.5) is 17.5 Å². The molecule has 1 aliphatic heterocycles. The van der Waals surface area contributed by atoms with Gasteiger partial charge in [0.15, 0.2) is 5.82 Å². The number of fused-ring (bicyclic) bond motifs is 1. The summed E-state index contributed by atoms with van der Waals surface area (Å²) in [5.74, 6) is 0.978. The molecule has 168 valence electrons. The lowest BCUT2D eigenvalue weighted by molar-refractivity contribution is 0.739. The molecule has 8 heteroatoms. The third-order valence-electron chi connectivity index (χ3n) is 5.90. The molecule has 33 heavy (non-hydrogen) atoms. The number of nitrogen functional groups attached to an aromatic ring is 1. The molecule has 0 unspecified atom stereocenters. The van der Waals surface area contributed by atoms with Crippen molar-refractivity contribution in [1.29, 1.82) is 0 Å². The van der Waals surface area contributed by atoms with Gasteiger partial charge in [-0.15, -0.1) is 0 Å². The van der Waals surface area contributed by atoms with Gasteiger partial charge < -0.3 is 20.9 Å². The highest BCUT2D eigenvalue weighted by Gasteiger charge is 2.18. The van der Waals surface area contributed by atoms with Gasteiger partial charge in [0.2, 0.25) is 5.95 Å². The fourth-order valence-corrected chi connectivity index (χ4v) is 4.88. The van der Waals surface area contributed by atoms with E-state index < -0.39 is 0 Å². The molecule has 0 spiro atoms. The first-order chi connectivity index (χ1) is 16.1. The van der Waals surface area contributed by atoms with Crippen molar-refractivity contribution in [3.63, 3.8) is 0 Å². The van der Waals surface area contributed by atoms with Crippen LogP contribution in [0.25, 0.3) is 16.5 Å². The van der Waals surface area contributed by atoms with Crippen molar-refractivity contribution in [2.45, 2.75) is 12.8 Å². The van der Waals surface area contributed by atoms with Crippen LogP contribution >= 0.6 is 27.5 Å². The van der Waals surface area contributed by atoms with Gasteiger partial charge in [0, 0.05) is 52.7 Å². The monoisotopic (exact) mass is 522 g/mol. The molecule has 2 aromatic heterocycles. The molecular formula is C25H24BrClN6. The zero-order chi connectivity index (χ0) is 22.8. The fourth-order valence-electron chi connectivity index (χ4n) is 4.26. The maximum atomic E-state index is 6.21. The summed E-state index contributed by atoms with van der Waals surface area (Å²) < 4.78 is 0.790. The third kappa shape index (κ3) is 4.76. The molecule has 0 atom stereocenters. The summed E-state index contributed by atoms with van der Waals surface area (Å²) in [6, 6.07) is 14.4. The summed E-state index contributed by atoms with van der Waals surface area (Å²) in [5, 5.41) is 5.32. The van der Waals surface area contributed by atoms with Crippen molar-refractivity contribution in [2.75, 3.05) is 30.3 Å². The minimum atomic E-state index is 0.240. The third-order valence-corrected chi connectivity index (χ3v) is 6.69. The highest BCUT2D eigenvalue weighted by molar-refractivity contribution is 9.10. The lowest BCUT2D eigenvalue weighted by Crippen LogP contribution is -2.22. The SMILES string of the molecule is Nc1ncc(Br)c(N(CCc2cccc(Cl)c2)c2ccc3[nH]cc(C4=CCNCC4)c3c2)n1. The van der Waals surface area contributed by atoms with Gasteiger partial charge in [0.25, 0.3) is 0 Å². The lowest BCUT2D eigenvalue weighted by Gasteiger charge is -2.25. The smallest absolute Gasteiger partial charge is 0.222 e. The fraction of sp³-hybridized carbons (Fsp3) is 0.200. The number of hydrogen-bond donors (Lipinski definition) is 3. The summed E-state index contributed by atoms with van der Waals surface area (Å²) in [5.41, 5.74) is 11.9. The number of nitrogens with zero attached hydrogens (tertiary/aromatic N) is 3. The van der Waals surface area contributed by atoms with Gasteiger partial charge in [-0.3, -0.25) is 0 Å². The van der Waals surface area contributed by atoms with E-state index in [1.165, 1.54) is 16.5 Å². The highest BCUT2D eigenvalue weighted by Crippen LogP contribution is 2.35. The molecule has 2 aromatic carbocycles. The Morgan fingerprint density at radius 1 is 1.18 bits per heavy atom. The van der Waals surface area contributed by atoms with Crippen molar-refractivity contribution in [3.8, 4) is 0 Å². The van der Waals surface area contributed by atoms with Crippen LogP contribution in [0.2, 0.25) is 5.02 Å². The molecule has 1 aliphatic rings. The molecule has 0 aliphatic carbocycles. The van der Waals surface area contributed by atoms with E-state index >= 15 is 0 Å². The number of H-pyrrole nitrogens is 1. The average Bonchev–Trinajstić information content (AvgIpc) is 3.25. The Morgan fingerprint density at radius 2 is 2.09 bits per heavy atom. The van der Waals surface area contributed by atoms with E-state index in [0.29, 0.717) is 6.54 Å². The second-order valence-corrected chi connectivity index (χ2v) is 9.34. The van der Waals surface area contributed by atoms with E-state index in [1.807, 2.05) is 18.2 Å². The summed E-state index contributed by atoms with van der Waals surface area (Å²) in [6.07, 6.45) is 7.90. The number of rotatable bonds is 6. The van der Waals surface area contributed by atoms with Gasteiger partial charge in [0.05, 0.1) is 4.47 Å². The number of nitrogens with one attached hydrogen (secondary N) is 2. The Bertz CT molecular complexity index is 1330. The number of hydrogen-bond acceptors (Lipinski definition) is 5. The van der Waals surface area contributed by atoms with Crippen molar-refractivity contribution >= 4 is 61.5 Å². The van der Waals surface area contributed by atoms with E-state index in [0.717, 1.165) is 58.0 Å². The normalized spacial score (nSPS) is 13.8. The molecule has 0 amide bonds. The molecule has 4 N–H and O–H groups in total. The van der Waals surface area contributed by atoms with Crippen LogP contribution in [0.15, 0.2) is 65.4 Å². The summed E-state index contributed by atoms with van der Waals surface area (Å²) in [7, 11) is 0. The summed E-state index contributed by atoms with van der Waals surface area (Å²) in [6.45, 7) is 2.60. The molecule has 0 bridgehead atoms. The Hall–Kier alpha value is -2.87. The van der Waals surface area contributed by atoms with Gasteiger partial charge >= 0.3 is 0 Å². The molecule has 5 rings (SSSR count). The van der Waals surface area contributed by atoms with Crippen molar-refractivity contribution in [2.24, 2.45) is 0 Å². The first-order valence-corrected chi connectivity index (χ1v) is 12.1. The highest BCUT2D eigenvalue weighted by atomic mass is 79.9. The Balaban J connectivity index is 1.56. The summed E-state index contributed by atoms with van der Waals surface area (Å²) >= 11 is 9.83. The minimum absolute atomic E-state index is 0.240. The standard InChI is InChI=1S/C25H24BrClN6/c26-22-15-31-25(28)32-24(22)33(11-8-16-2-1-3-18(27)12-16)19-4-5-23-20(13-19)21(14-30-23)17-6-9-29-10-7-17/h1-6,12-15,29-30H,7-11H2,(H2,28,31,32). The molecule has 0 saturated carbocycles. The number of aromatic amines is 1. The quantitative estimate of drug-likeness (QED) is 0.301. The van der Waals surface area contributed by atoms with E-state index in [9.17, 15) is 0 Å². The number of benzene rings is 2. The topological polar surface area (TPSA) is 82.9 Å². The summed E-state index contributed by atoms with van der Waals surface area (Å²) in [4.78, 5) is 14.3. The van der Waals surface area contributed by atoms with Crippen LogP contribution < -0.4 is 16.0 Å². The second-order valence-electron chi connectivity index (χ2n) is 8.05. The lowest BCUT2D eigenvalue weighted by atomic mass is 9.99. The Labute approximate surface area is 206 Å². The predicted molar refractivity (Wildman–Crippen MR) is 140 cm³/mol. The van der Waals surface area contributed by atoms with Gasteiger partial charge in [-0.2, -0.15) is 4.98 Å². The van der Waals surface area contributed by atoms with E-state index in [4.69, 9.17) is 17.3 Å². The average molecular weight is 524 g/mol. The van der Waals surface area contributed by atoms with Crippen LogP contribution in [0, 0.1) is 0 Å². The van der Waals surface area contributed by atoms with Gasteiger partial charge in [-0.05, 0) is 76.8 Å². The molecule has 4 aromatic rings. The Kier molecular flexibility index (Phi) is 6.35.